The van der Waals surface area contributed by atoms with Gasteiger partial charge in [0.15, 0.2) is 0 Å². The molecule has 0 bridgehead atoms. The summed E-state index contributed by atoms with van der Waals surface area (Å²) in [5.74, 6) is -1.47. The van der Waals surface area contributed by atoms with Crippen LogP contribution in [-0.4, -0.2) is 34.6 Å². The van der Waals surface area contributed by atoms with E-state index in [0.29, 0.717) is 11.1 Å². The maximum Gasteiger partial charge on any atom is 0.377 e. The van der Waals surface area contributed by atoms with Crippen molar-refractivity contribution in [1.82, 2.24) is 10.2 Å². The Balaban J connectivity index is 2.01. The average Bonchev–Trinajstić information content (AvgIpc) is 2.97. The summed E-state index contributed by atoms with van der Waals surface area (Å²) >= 11 is 1.99. The first-order valence-electron chi connectivity index (χ1n) is 6.61. The molecular formula is C14H15BrF2N2O2. The van der Waals surface area contributed by atoms with E-state index in [1.54, 1.807) is 29.2 Å². The summed E-state index contributed by atoms with van der Waals surface area (Å²) in [6.45, 7) is 1.44. The zero-order valence-electron chi connectivity index (χ0n) is 11.2. The second kappa shape index (κ2) is 6.51. The summed E-state index contributed by atoms with van der Waals surface area (Å²) < 4.78 is 25.3. The van der Waals surface area contributed by atoms with Crippen molar-refractivity contribution in [3.8, 4) is 0 Å². The molecule has 1 N–H and O–H groups in total. The molecule has 0 radical (unpaired) electrons. The highest BCUT2D eigenvalue weighted by molar-refractivity contribution is 9.10. The van der Waals surface area contributed by atoms with Gasteiger partial charge in [0.1, 0.15) is 0 Å². The van der Waals surface area contributed by atoms with Crippen LogP contribution in [0.25, 0.3) is 0 Å². The van der Waals surface area contributed by atoms with E-state index in [1.165, 1.54) is 0 Å². The largest absolute Gasteiger partial charge is 0.377 e. The van der Waals surface area contributed by atoms with Gasteiger partial charge in [0.2, 0.25) is 0 Å². The molecule has 0 spiro atoms. The molecule has 0 saturated carbocycles. The number of carbonyl (C=O) groups is 2. The molecule has 1 saturated heterocycles. The first-order chi connectivity index (χ1) is 9.88. The van der Waals surface area contributed by atoms with Crippen molar-refractivity contribution in [3.05, 3.63) is 35.4 Å². The van der Waals surface area contributed by atoms with Crippen LogP contribution in [0.3, 0.4) is 0 Å². The Morgan fingerprint density at radius 3 is 2.57 bits per heavy atom. The summed E-state index contributed by atoms with van der Waals surface area (Å²) in [5, 5.41) is 2.11. The molecule has 0 atom stereocenters. The van der Waals surface area contributed by atoms with Gasteiger partial charge in [0.25, 0.3) is 5.91 Å². The molecular weight excluding hydrogens is 346 g/mol. The third-order valence-electron chi connectivity index (χ3n) is 3.28. The van der Waals surface area contributed by atoms with Gasteiger partial charge in [-0.2, -0.15) is 8.78 Å². The second-order valence-corrected chi connectivity index (χ2v) is 5.88. The number of nitrogens with one attached hydrogen (secondary N) is 1. The van der Waals surface area contributed by atoms with Crippen molar-refractivity contribution in [1.29, 1.82) is 0 Å². The van der Waals surface area contributed by atoms with Crippen molar-refractivity contribution in [2.45, 2.75) is 24.2 Å². The maximum atomic E-state index is 12.7. The molecule has 1 aliphatic heterocycles. The lowest BCUT2D eigenvalue weighted by Gasteiger charge is -2.16. The molecule has 21 heavy (non-hydrogen) atoms. The van der Waals surface area contributed by atoms with Crippen LogP contribution in [0.5, 0.6) is 0 Å². The summed E-state index contributed by atoms with van der Waals surface area (Å²) in [6, 6.07) is 6.66. The van der Waals surface area contributed by atoms with Crippen LogP contribution < -0.4 is 5.32 Å². The van der Waals surface area contributed by atoms with Gasteiger partial charge in [-0.25, -0.2) is 0 Å². The Bertz CT molecular complexity index is 540. The number of benzene rings is 1. The Morgan fingerprint density at radius 2 is 1.95 bits per heavy atom. The van der Waals surface area contributed by atoms with Crippen LogP contribution in [0.1, 0.15) is 28.8 Å². The summed E-state index contributed by atoms with van der Waals surface area (Å²) in [5.41, 5.74) is 1.11. The molecule has 114 valence electrons. The summed E-state index contributed by atoms with van der Waals surface area (Å²) in [7, 11) is 0. The van der Waals surface area contributed by atoms with Gasteiger partial charge in [-0.3, -0.25) is 9.59 Å². The minimum Gasteiger partial charge on any atom is -0.346 e. The normalized spacial score (nSPS) is 15.1. The van der Waals surface area contributed by atoms with Gasteiger partial charge in [-0.05, 0) is 30.5 Å². The molecule has 2 amide bonds. The molecule has 0 aliphatic carbocycles. The lowest BCUT2D eigenvalue weighted by Crippen LogP contribution is -2.35. The van der Waals surface area contributed by atoms with Gasteiger partial charge < -0.3 is 10.2 Å². The number of halogens is 3. The fraction of sp³-hybridized carbons (Fsp3) is 0.429. The zero-order valence-corrected chi connectivity index (χ0v) is 12.8. The number of likely N-dealkylation sites (tertiary alicyclic amines) is 1. The number of carbonyl (C=O) groups excluding carboxylic acids is 2. The van der Waals surface area contributed by atoms with Gasteiger partial charge in [-0.1, -0.05) is 12.1 Å². The standard InChI is InChI=1S/C14H15BrF2N2O2/c15-14(16,17)13(21)18-9-10-4-3-5-11(8-10)12(20)19-6-1-2-7-19/h3-5,8H,1-2,6-7,9H2,(H,18,21). The van der Waals surface area contributed by atoms with E-state index in [-0.39, 0.29) is 12.5 Å². The fourth-order valence-electron chi connectivity index (χ4n) is 2.20. The van der Waals surface area contributed by atoms with Crippen LogP contribution in [0.15, 0.2) is 24.3 Å². The zero-order chi connectivity index (χ0) is 15.5. The number of hydrogen-bond acceptors (Lipinski definition) is 2. The molecule has 1 aromatic carbocycles. The van der Waals surface area contributed by atoms with Gasteiger partial charge in [0.05, 0.1) is 0 Å². The predicted octanol–water partition coefficient (Wildman–Crippen LogP) is 2.53. The molecule has 7 heteroatoms. The highest BCUT2D eigenvalue weighted by atomic mass is 79.9. The average molecular weight is 361 g/mol. The third-order valence-corrected chi connectivity index (χ3v) is 3.64. The van der Waals surface area contributed by atoms with E-state index in [0.717, 1.165) is 25.9 Å². The lowest BCUT2D eigenvalue weighted by atomic mass is 10.1. The topological polar surface area (TPSA) is 49.4 Å². The highest BCUT2D eigenvalue weighted by Crippen LogP contribution is 2.21. The molecule has 1 aromatic rings. The van der Waals surface area contributed by atoms with E-state index in [4.69, 9.17) is 0 Å². The summed E-state index contributed by atoms with van der Waals surface area (Å²) in [4.78, 5) is 21.5. The van der Waals surface area contributed by atoms with Crippen molar-refractivity contribution in [3.63, 3.8) is 0 Å². The Labute approximate surface area is 129 Å². The summed E-state index contributed by atoms with van der Waals surface area (Å²) in [6.07, 6.45) is 2.00. The van der Waals surface area contributed by atoms with Crippen molar-refractivity contribution in [2.75, 3.05) is 13.1 Å². The maximum absolute atomic E-state index is 12.7. The number of hydrogen-bond donors (Lipinski definition) is 1. The predicted molar refractivity (Wildman–Crippen MR) is 77.3 cm³/mol. The number of alkyl halides is 3. The minimum absolute atomic E-state index is 0.0544. The lowest BCUT2D eigenvalue weighted by molar-refractivity contribution is -0.134. The molecule has 1 heterocycles. The molecule has 2 rings (SSSR count). The first kappa shape index (κ1) is 15.9. The van der Waals surface area contributed by atoms with Crippen molar-refractivity contribution >= 4 is 27.7 Å². The quantitative estimate of drug-likeness (QED) is 0.838. The third kappa shape index (κ3) is 4.23. The fourth-order valence-corrected chi connectivity index (χ4v) is 2.34. The van der Waals surface area contributed by atoms with Gasteiger partial charge in [-0.15, -0.1) is 0 Å². The van der Waals surface area contributed by atoms with Crippen LogP contribution in [0.2, 0.25) is 0 Å². The van der Waals surface area contributed by atoms with E-state index in [1.807, 2.05) is 15.9 Å². The number of nitrogens with zero attached hydrogens (tertiary/aromatic N) is 1. The highest BCUT2D eigenvalue weighted by Gasteiger charge is 2.34. The van der Waals surface area contributed by atoms with Gasteiger partial charge in [0, 0.05) is 41.1 Å². The van der Waals surface area contributed by atoms with E-state index >= 15 is 0 Å². The first-order valence-corrected chi connectivity index (χ1v) is 7.40. The van der Waals surface area contributed by atoms with Crippen LogP contribution in [-0.2, 0) is 11.3 Å². The monoisotopic (exact) mass is 360 g/mol. The Kier molecular flexibility index (Phi) is 4.92. The molecule has 0 unspecified atom stereocenters. The minimum atomic E-state index is -3.59. The van der Waals surface area contributed by atoms with Crippen LogP contribution >= 0.6 is 15.9 Å². The Morgan fingerprint density at radius 1 is 1.29 bits per heavy atom. The molecule has 4 nitrogen and oxygen atoms in total. The Hall–Kier alpha value is -1.50. The smallest absolute Gasteiger partial charge is 0.346 e. The van der Waals surface area contributed by atoms with E-state index < -0.39 is 10.7 Å². The molecule has 1 aliphatic rings. The van der Waals surface area contributed by atoms with Crippen molar-refractivity contribution in [2.24, 2.45) is 0 Å². The van der Waals surface area contributed by atoms with Crippen molar-refractivity contribution < 1.29 is 18.4 Å². The molecule has 1 fully saturated rings. The number of amides is 2. The van der Waals surface area contributed by atoms with Crippen LogP contribution in [0.4, 0.5) is 8.78 Å². The molecule has 0 aromatic heterocycles. The second-order valence-electron chi connectivity index (χ2n) is 4.88. The van der Waals surface area contributed by atoms with E-state index in [9.17, 15) is 18.4 Å². The SMILES string of the molecule is O=C(c1cccc(CNC(=O)C(F)(F)Br)c1)N1CCCC1. The van der Waals surface area contributed by atoms with Crippen LogP contribution in [0, 0.1) is 0 Å². The van der Waals surface area contributed by atoms with E-state index in [2.05, 4.69) is 5.32 Å². The van der Waals surface area contributed by atoms with Gasteiger partial charge >= 0.3 is 10.7 Å². The number of rotatable bonds is 4.